The van der Waals surface area contributed by atoms with Crippen molar-refractivity contribution in [3.8, 4) is 11.5 Å². The third kappa shape index (κ3) is 3.47. The Balaban J connectivity index is 1.97. The third-order valence-electron chi connectivity index (χ3n) is 4.15. The highest BCUT2D eigenvalue weighted by molar-refractivity contribution is 5.90. The van der Waals surface area contributed by atoms with Crippen LogP contribution in [0.3, 0.4) is 0 Å². The van der Waals surface area contributed by atoms with E-state index < -0.39 is 5.82 Å². The van der Waals surface area contributed by atoms with Crippen molar-refractivity contribution < 1.29 is 13.9 Å². The van der Waals surface area contributed by atoms with Gasteiger partial charge < -0.3 is 14.8 Å². The Hall–Kier alpha value is -2.89. The highest BCUT2D eigenvalue weighted by atomic mass is 19.1. The van der Waals surface area contributed by atoms with Crippen LogP contribution in [-0.2, 0) is 0 Å². The molecule has 0 aliphatic carbocycles. The molecule has 1 unspecified atom stereocenters. The molecule has 130 valence electrons. The van der Waals surface area contributed by atoms with Crippen molar-refractivity contribution >= 4 is 16.7 Å². The molecule has 1 N–H and O–H groups in total. The fourth-order valence-corrected chi connectivity index (χ4v) is 2.75. The number of hydrogen-bond donors (Lipinski definition) is 1. The maximum absolute atomic E-state index is 13.9. The van der Waals surface area contributed by atoms with Crippen molar-refractivity contribution in [2.45, 2.75) is 19.4 Å². The molecule has 0 radical (unpaired) electrons. The number of benzene rings is 2. The molecule has 5 nitrogen and oxygen atoms in total. The fraction of sp³-hybridized carbons (Fsp3) is 0.263. The van der Waals surface area contributed by atoms with E-state index in [-0.39, 0.29) is 11.8 Å². The van der Waals surface area contributed by atoms with Gasteiger partial charge in [-0.05, 0) is 30.2 Å². The van der Waals surface area contributed by atoms with Gasteiger partial charge in [0.25, 0.3) is 0 Å². The van der Waals surface area contributed by atoms with Crippen LogP contribution in [0.2, 0.25) is 0 Å². The molecule has 1 heterocycles. The van der Waals surface area contributed by atoms with Crippen LogP contribution in [-0.4, -0.2) is 24.2 Å². The summed E-state index contributed by atoms with van der Waals surface area (Å²) in [6.07, 6.45) is 2.29. The van der Waals surface area contributed by atoms with Gasteiger partial charge in [-0.2, -0.15) is 0 Å². The minimum Gasteiger partial charge on any atom is -0.497 e. The van der Waals surface area contributed by atoms with Crippen molar-refractivity contribution in [2.75, 3.05) is 19.5 Å². The van der Waals surface area contributed by atoms with Crippen molar-refractivity contribution in [3.63, 3.8) is 0 Å². The van der Waals surface area contributed by atoms with Crippen molar-refractivity contribution in [3.05, 3.63) is 54.1 Å². The zero-order valence-corrected chi connectivity index (χ0v) is 14.4. The Morgan fingerprint density at radius 2 is 1.84 bits per heavy atom. The van der Waals surface area contributed by atoms with Crippen LogP contribution in [0.25, 0.3) is 10.9 Å². The Labute approximate surface area is 145 Å². The SMILES string of the molecule is CCC(Nc1ncnc2cc(F)c(OC)cc12)c1ccc(OC)cc1. The Morgan fingerprint density at radius 1 is 1.08 bits per heavy atom. The molecule has 0 aliphatic heterocycles. The topological polar surface area (TPSA) is 56.3 Å². The highest BCUT2D eigenvalue weighted by Gasteiger charge is 2.14. The molecule has 6 heteroatoms. The molecule has 3 rings (SSSR count). The van der Waals surface area contributed by atoms with Crippen LogP contribution in [0.4, 0.5) is 10.2 Å². The second-order valence-electron chi connectivity index (χ2n) is 5.60. The van der Waals surface area contributed by atoms with Gasteiger partial charge in [0, 0.05) is 11.5 Å². The molecule has 1 aromatic heterocycles. The number of aromatic nitrogens is 2. The molecule has 0 saturated carbocycles. The number of hydrogen-bond acceptors (Lipinski definition) is 5. The third-order valence-corrected chi connectivity index (χ3v) is 4.15. The first-order valence-electron chi connectivity index (χ1n) is 8.05. The second-order valence-corrected chi connectivity index (χ2v) is 5.60. The smallest absolute Gasteiger partial charge is 0.167 e. The molecule has 2 aromatic carbocycles. The van der Waals surface area contributed by atoms with Gasteiger partial charge in [0.1, 0.15) is 17.9 Å². The van der Waals surface area contributed by atoms with Crippen molar-refractivity contribution in [1.82, 2.24) is 9.97 Å². The van der Waals surface area contributed by atoms with Crippen LogP contribution < -0.4 is 14.8 Å². The van der Waals surface area contributed by atoms with E-state index >= 15 is 0 Å². The van der Waals surface area contributed by atoms with E-state index in [4.69, 9.17) is 9.47 Å². The number of ether oxygens (including phenoxy) is 2. The number of methoxy groups -OCH3 is 2. The summed E-state index contributed by atoms with van der Waals surface area (Å²) in [7, 11) is 3.08. The molecule has 0 spiro atoms. The first-order valence-corrected chi connectivity index (χ1v) is 8.05. The van der Waals surface area contributed by atoms with Gasteiger partial charge in [0.2, 0.25) is 0 Å². The number of anilines is 1. The molecule has 0 amide bonds. The van der Waals surface area contributed by atoms with Crippen molar-refractivity contribution in [2.24, 2.45) is 0 Å². The van der Waals surface area contributed by atoms with Gasteiger partial charge in [-0.25, -0.2) is 14.4 Å². The summed E-state index contributed by atoms with van der Waals surface area (Å²) in [6, 6.07) is 10.9. The normalized spacial score (nSPS) is 12.0. The molecular formula is C19H20FN3O2. The van der Waals surface area contributed by atoms with Crippen LogP contribution in [0, 0.1) is 5.82 Å². The number of fused-ring (bicyclic) bond motifs is 1. The van der Waals surface area contributed by atoms with Gasteiger partial charge in [-0.15, -0.1) is 0 Å². The van der Waals surface area contributed by atoms with Gasteiger partial charge in [0.15, 0.2) is 11.6 Å². The largest absolute Gasteiger partial charge is 0.497 e. The van der Waals surface area contributed by atoms with Crippen molar-refractivity contribution in [1.29, 1.82) is 0 Å². The molecule has 3 aromatic rings. The highest BCUT2D eigenvalue weighted by Crippen LogP contribution is 2.30. The minimum atomic E-state index is -0.443. The Bertz CT molecular complexity index is 868. The molecule has 1 atom stereocenters. The lowest BCUT2D eigenvalue weighted by atomic mass is 10.0. The molecule has 0 aliphatic rings. The molecular weight excluding hydrogens is 321 g/mol. The summed E-state index contributed by atoms with van der Waals surface area (Å²) in [5, 5.41) is 4.14. The summed E-state index contributed by atoms with van der Waals surface area (Å²) < 4.78 is 24.2. The molecule has 0 fully saturated rings. The molecule has 0 bridgehead atoms. The van der Waals surface area contributed by atoms with E-state index in [2.05, 4.69) is 22.2 Å². The standard InChI is InChI=1S/C19H20FN3O2/c1-4-16(12-5-7-13(24-2)8-6-12)23-19-14-9-18(25-3)15(20)10-17(14)21-11-22-19/h5-11,16H,4H2,1-3H3,(H,21,22,23). The summed E-state index contributed by atoms with van der Waals surface area (Å²) in [6.45, 7) is 2.09. The summed E-state index contributed by atoms with van der Waals surface area (Å²) >= 11 is 0. The van der Waals surface area contributed by atoms with E-state index in [0.717, 1.165) is 17.7 Å². The predicted octanol–water partition coefficient (Wildman–Crippen LogP) is 4.35. The van der Waals surface area contributed by atoms with E-state index in [1.54, 1.807) is 13.2 Å². The Kier molecular flexibility index (Phi) is 4.97. The minimum absolute atomic E-state index is 0.0556. The summed E-state index contributed by atoms with van der Waals surface area (Å²) in [5.74, 6) is 1.18. The quantitative estimate of drug-likeness (QED) is 0.722. The van der Waals surface area contributed by atoms with Crippen LogP contribution in [0.5, 0.6) is 11.5 Å². The number of rotatable bonds is 6. The first kappa shape index (κ1) is 17.0. The number of nitrogens with zero attached hydrogens (tertiary/aromatic N) is 2. The number of nitrogens with one attached hydrogen (secondary N) is 1. The summed E-state index contributed by atoms with van der Waals surface area (Å²) in [5.41, 5.74) is 1.64. The van der Waals surface area contributed by atoms with Gasteiger partial charge in [0.05, 0.1) is 25.8 Å². The summed E-state index contributed by atoms with van der Waals surface area (Å²) in [4.78, 5) is 8.48. The first-order chi connectivity index (χ1) is 12.2. The van der Waals surface area contributed by atoms with Crippen LogP contribution in [0.15, 0.2) is 42.7 Å². The number of halogens is 1. The lowest BCUT2D eigenvalue weighted by molar-refractivity contribution is 0.387. The maximum atomic E-state index is 13.9. The van der Waals surface area contributed by atoms with E-state index in [9.17, 15) is 4.39 Å². The lowest BCUT2D eigenvalue weighted by Gasteiger charge is -2.19. The average molecular weight is 341 g/mol. The molecule has 25 heavy (non-hydrogen) atoms. The van der Waals surface area contributed by atoms with Gasteiger partial charge in [-0.3, -0.25) is 0 Å². The van der Waals surface area contributed by atoms with Crippen LogP contribution >= 0.6 is 0 Å². The monoisotopic (exact) mass is 341 g/mol. The average Bonchev–Trinajstić information content (AvgIpc) is 2.65. The van der Waals surface area contributed by atoms with Gasteiger partial charge >= 0.3 is 0 Å². The predicted molar refractivity (Wildman–Crippen MR) is 95.7 cm³/mol. The second kappa shape index (κ2) is 7.34. The van der Waals surface area contributed by atoms with E-state index in [1.165, 1.54) is 19.5 Å². The molecule has 0 saturated heterocycles. The van der Waals surface area contributed by atoms with E-state index in [0.29, 0.717) is 16.7 Å². The Morgan fingerprint density at radius 3 is 2.48 bits per heavy atom. The van der Waals surface area contributed by atoms with Gasteiger partial charge in [-0.1, -0.05) is 19.1 Å². The zero-order chi connectivity index (χ0) is 17.8. The maximum Gasteiger partial charge on any atom is 0.167 e. The zero-order valence-electron chi connectivity index (χ0n) is 14.4. The fourth-order valence-electron chi connectivity index (χ4n) is 2.75. The van der Waals surface area contributed by atoms with E-state index in [1.807, 2.05) is 24.3 Å². The lowest BCUT2D eigenvalue weighted by Crippen LogP contribution is -2.11. The van der Waals surface area contributed by atoms with Crippen LogP contribution in [0.1, 0.15) is 24.9 Å².